The number of rotatable bonds is 4. The maximum atomic E-state index is 6.01. The molecule has 96 valence electrons. The van der Waals surface area contributed by atoms with Gasteiger partial charge in [0.2, 0.25) is 0 Å². The van der Waals surface area contributed by atoms with Gasteiger partial charge in [-0.1, -0.05) is 39.3 Å². The van der Waals surface area contributed by atoms with Crippen molar-refractivity contribution in [3.05, 3.63) is 32.9 Å². The molecule has 4 nitrogen and oxygen atoms in total. The van der Waals surface area contributed by atoms with Crippen LogP contribution in [0.2, 0.25) is 15.1 Å². The summed E-state index contributed by atoms with van der Waals surface area (Å²) < 4.78 is 9.38. The molecule has 0 spiro atoms. The Bertz CT molecular complexity index is 538. The molecular weight excluding hydrogens is 317 g/mol. The van der Waals surface area contributed by atoms with E-state index in [0.717, 1.165) is 5.00 Å². The second-order valence-corrected chi connectivity index (χ2v) is 5.29. The third kappa shape index (κ3) is 2.98. The van der Waals surface area contributed by atoms with Gasteiger partial charge in [0.1, 0.15) is 17.3 Å². The van der Waals surface area contributed by atoms with Crippen LogP contribution in [0.5, 0.6) is 5.75 Å². The van der Waals surface area contributed by atoms with Gasteiger partial charge in [-0.15, -0.1) is 5.10 Å². The van der Waals surface area contributed by atoms with E-state index in [1.54, 1.807) is 19.2 Å². The first-order valence-corrected chi connectivity index (χ1v) is 6.79. The Kier molecular flexibility index (Phi) is 4.50. The lowest BCUT2D eigenvalue weighted by molar-refractivity contribution is 0.302. The van der Waals surface area contributed by atoms with Crippen molar-refractivity contribution in [2.45, 2.75) is 6.61 Å². The lowest BCUT2D eigenvalue weighted by Crippen LogP contribution is -2.00. The van der Waals surface area contributed by atoms with Crippen LogP contribution in [0.25, 0.3) is 0 Å². The van der Waals surface area contributed by atoms with Crippen molar-refractivity contribution < 1.29 is 4.74 Å². The smallest absolute Gasteiger partial charge is 0.157 e. The number of nitrogens with one attached hydrogen (secondary N) is 1. The molecule has 0 bridgehead atoms. The molecule has 0 atom stereocenters. The van der Waals surface area contributed by atoms with Crippen LogP contribution in [-0.4, -0.2) is 16.6 Å². The molecule has 0 aliphatic carbocycles. The summed E-state index contributed by atoms with van der Waals surface area (Å²) >= 11 is 19.1. The third-order valence-corrected chi connectivity index (χ3v) is 3.66. The number of nitrogens with zero attached hydrogens (tertiary/aromatic N) is 2. The van der Waals surface area contributed by atoms with Crippen molar-refractivity contribution in [2.75, 3.05) is 12.4 Å². The standard InChI is InChI=1S/C10H8Cl3N3OS/c1-14-10-8(15-16-18-10)4-17-9-6(12)2-5(11)3-7(9)13/h2-3,14H,4H2,1H3. The molecule has 0 unspecified atom stereocenters. The van der Waals surface area contributed by atoms with Crippen molar-refractivity contribution >= 4 is 51.3 Å². The first-order chi connectivity index (χ1) is 8.61. The van der Waals surface area contributed by atoms with Gasteiger partial charge in [-0.2, -0.15) is 0 Å². The molecule has 1 N–H and O–H groups in total. The fourth-order valence-electron chi connectivity index (χ4n) is 1.30. The third-order valence-electron chi connectivity index (χ3n) is 2.10. The number of anilines is 1. The van der Waals surface area contributed by atoms with Gasteiger partial charge in [0.25, 0.3) is 0 Å². The topological polar surface area (TPSA) is 47.0 Å². The van der Waals surface area contributed by atoms with Crippen LogP contribution in [0, 0.1) is 0 Å². The summed E-state index contributed by atoms with van der Waals surface area (Å²) in [5.74, 6) is 0.387. The van der Waals surface area contributed by atoms with Crippen molar-refractivity contribution in [3.8, 4) is 5.75 Å². The van der Waals surface area contributed by atoms with E-state index in [2.05, 4.69) is 14.9 Å². The average molecular weight is 325 g/mol. The molecule has 0 amide bonds. The van der Waals surface area contributed by atoms with Crippen LogP contribution in [0.1, 0.15) is 5.69 Å². The first kappa shape index (κ1) is 13.7. The molecular formula is C10H8Cl3N3OS. The van der Waals surface area contributed by atoms with Crippen LogP contribution in [0.15, 0.2) is 12.1 Å². The Morgan fingerprint density at radius 2 is 1.94 bits per heavy atom. The highest BCUT2D eigenvalue weighted by molar-refractivity contribution is 7.10. The monoisotopic (exact) mass is 323 g/mol. The van der Waals surface area contributed by atoms with Gasteiger partial charge in [-0.3, -0.25) is 0 Å². The average Bonchev–Trinajstić information content (AvgIpc) is 2.75. The second-order valence-electron chi connectivity index (χ2n) is 3.29. The number of hydrogen-bond acceptors (Lipinski definition) is 5. The van der Waals surface area contributed by atoms with Crippen molar-refractivity contribution in [1.29, 1.82) is 0 Å². The molecule has 1 aromatic heterocycles. The zero-order chi connectivity index (χ0) is 13.1. The molecule has 2 rings (SSSR count). The quantitative estimate of drug-likeness (QED) is 0.919. The van der Waals surface area contributed by atoms with E-state index in [4.69, 9.17) is 39.5 Å². The normalized spacial score (nSPS) is 10.4. The molecule has 18 heavy (non-hydrogen) atoms. The summed E-state index contributed by atoms with van der Waals surface area (Å²) in [5, 5.41) is 8.96. The summed E-state index contributed by atoms with van der Waals surface area (Å²) in [5.41, 5.74) is 0.699. The minimum Gasteiger partial charge on any atom is -0.484 e. The fourth-order valence-corrected chi connectivity index (χ4v) is 2.74. The molecule has 8 heteroatoms. The highest BCUT2D eigenvalue weighted by atomic mass is 35.5. The summed E-state index contributed by atoms with van der Waals surface area (Å²) in [7, 11) is 1.79. The predicted molar refractivity (Wildman–Crippen MR) is 75.3 cm³/mol. The summed E-state index contributed by atoms with van der Waals surface area (Å²) in [6.07, 6.45) is 0. The zero-order valence-electron chi connectivity index (χ0n) is 9.21. The van der Waals surface area contributed by atoms with Gasteiger partial charge in [-0.05, 0) is 12.1 Å². The number of ether oxygens (including phenoxy) is 1. The molecule has 1 aromatic carbocycles. The number of aromatic nitrogens is 2. The maximum absolute atomic E-state index is 6.01. The lowest BCUT2D eigenvalue weighted by atomic mass is 10.3. The molecule has 2 aromatic rings. The van der Waals surface area contributed by atoms with Crippen LogP contribution in [0.4, 0.5) is 5.00 Å². The van der Waals surface area contributed by atoms with E-state index >= 15 is 0 Å². The summed E-state index contributed by atoms with van der Waals surface area (Å²) in [6.45, 7) is 0.230. The zero-order valence-corrected chi connectivity index (χ0v) is 12.3. The van der Waals surface area contributed by atoms with E-state index < -0.39 is 0 Å². The largest absolute Gasteiger partial charge is 0.484 e. The van der Waals surface area contributed by atoms with E-state index in [1.807, 2.05) is 0 Å². The Labute approximate surface area is 123 Å². The van der Waals surface area contributed by atoms with Crippen molar-refractivity contribution in [2.24, 2.45) is 0 Å². The molecule has 0 aliphatic rings. The summed E-state index contributed by atoms with van der Waals surface area (Å²) in [4.78, 5) is 0. The van der Waals surface area contributed by atoms with Gasteiger partial charge < -0.3 is 10.1 Å². The van der Waals surface area contributed by atoms with Gasteiger partial charge in [0, 0.05) is 23.6 Å². The number of benzene rings is 1. The molecule has 0 radical (unpaired) electrons. The lowest BCUT2D eigenvalue weighted by Gasteiger charge is -2.09. The van der Waals surface area contributed by atoms with Crippen LogP contribution >= 0.6 is 46.3 Å². The maximum Gasteiger partial charge on any atom is 0.157 e. The van der Waals surface area contributed by atoms with Crippen molar-refractivity contribution in [3.63, 3.8) is 0 Å². The Morgan fingerprint density at radius 3 is 2.56 bits per heavy atom. The SMILES string of the molecule is CNc1snnc1COc1c(Cl)cc(Cl)cc1Cl. The Morgan fingerprint density at radius 1 is 1.28 bits per heavy atom. The summed E-state index contributed by atoms with van der Waals surface area (Å²) in [6, 6.07) is 3.14. The fraction of sp³-hybridized carbons (Fsp3) is 0.200. The minimum absolute atomic E-state index is 0.230. The first-order valence-electron chi connectivity index (χ1n) is 4.88. The molecule has 0 aliphatic heterocycles. The van der Waals surface area contributed by atoms with E-state index in [0.29, 0.717) is 26.5 Å². The Hall–Kier alpha value is -0.750. The second kappa shape index (κ2) is 5.93. The van der Waals surface area contributed by atoms with E-state index in [-0.39, 0.29) is 6.61 Å². The Balaban J connectivity index is 2.16. The highest BCUT2D eigenvalue weighted by Gasteiger charge is 2.12. The molecule has 0 saturated carbocycles. The predicted octanol–water partition coefficient (Wildman–Crippen LogP) is 4.12. The van der Waals surface area contributed by atoms with Crippen LogP contribution in [0.3, 0.4) is 0 Å². The van der Waals surface area contributed by atoms with Crippen LogP contribution in [-0.2, 0) is 6.61 Å². The number of halogens is 3. The highest BCUT2D eigenvalue weighted by Crippen LogP contribution is 2.36. The van der Waals surface area contributed by atoms with E-state index in [9.17, 15) is 0 Å². The van der Waals surface area contributed by atoms with Gasteiger partial charge >= 0.3 is 0 Å². The van der Waals surface area contributed by atoms with Crippen LogP contribution < -0.4 is 10.1 Å². The molecule has 1 heterocycles. The number of hydrogen-bond donors (Lipinski definition) is 1. The minimum atomic E-state index is 0.230. The van der Waals surface area contributed by atoms with Gasteiger partial charge in [0.05, 0.1) is 10.0 Å². The molecule has 0 fully saturated rings. The van der Waals surface area contributed by atoms with Gasteiger partial charge in [-0.25, -0.2) is 0 Å². The van der Waals surface area contributed by atoms with E-state index in [1.165, 1.54) is 11.5 Å². The van der Waals surface area contributed by atoms with Crippen molar-refractivity contribution in [1.82, 2.24) is 9.59 Å². The molecule has 0 saturated heterocycles. The van der Waals surface area contributed by atoms with Gasteiger partial charge in [0.15, 0.2) is 5.75 Å².